The van der Waals surface area contributed by atoms with Crippen molar-refractivity contribution in [3.05, 3.63) is 35.9 Å². The Labute approximate surface area is 118 Å². The number of carbonyl (C=O) groups excluding carboxylic acids is 2. The molecule has 1 saturated heterocycles. The highest BCUT2D eigenvalue weighted by Crippen LogP contribution is 2.34. The van der Waals surface area contributed by atoms with E-state index in [0.29, 0.717) is 37.8 Å². The fraction of sp³-hybridized carbons (Fsp3) is 0.500. The zero-order valence-electron chi connectivity index (χ0n) is 11.5. The SMILES string of the molecule is O=C1CCCC2CN(C(=O)OCc3ccccc3)CC12. The van der Waals surface area contributed by atoms with Gasteiger partial charge in [0, 0.05) is 25.4 Å². The van der Waals surface area contributed by atoms with Gasteiger partial charge in [-0.05, 0) is 24.3 Å². The lowest BCUT2D eigenvalue weighted by molar-refractivity contribution is -0.125. The van der Waals surface area contributed by atoms with Crippen LogP contribution in [-0.4, -0.2) is 29.9 Å². The highest BCUT2D eigenvalue weighted by atomic mass is 16.6. The molecule has 1 saturated carbocycles. The largest absolute Gasteiger partial charge is 0.445 e. The topological polar surface area (TPSA) is 46.6 Å². The summed E-state index contributed by atoms with van der Waals surface area (Å²) >= 11 is 0. The van der Waals surface area contributed by atoms with E-state index in [1.807, 2.05) is 30.3 Å². The van der Waals surface area contributed by atoms with E-state index in [4.69, 9.17) is 4.74 Å². The van der Waals surface area contributed by atoms with Crippen LogP contribution < -0.4 is 0 Å². The fourth-order valence-corrected chi connectivity index (χ4v) is 3.21. The van der Waals surface area contributed by atoms with Gasteiger partial charge in [-0.25, -0.2) is 4.79 Å². The molecule has 2 aliphatic rings. The molecule has 1 amide bonds. The number of carbonyl (C=O) groups is 2. The summed E-state index contributed by atoms with van der Waals surface area (Å²) in [7, 11) is 0. The molecule has 0 N–H and O–H groups in total. The van der Waals surface area contributed by atoms with Crippen molar-refractivity contribution in [1.82, 2.24) is 4.90 Å². The molecule has 1 heterocycles. The molecule has 3 rings (SSSR count). The molecule has 2 fully saturated rings. The second kappa shape index (κ2) is 5.65. The smallest absolute Gasteiger partial charge is 0.410 e. The van der Waals surface area contributed by atoms with Gasteiger partial charge in [0.1, 0.15) is 12.4 Å². The lowest BCUT2D eigenvalue weighted by Crippen LogP contribution is -2.30. The van der Waals surface area contributed by atoms with E-state index in [-0.39, 0.29) is 12.0 Å². The van der Waals surface area contributed by atoms with Crippen molar-refractivity contribution in [1.29, 1.82) is 0 Å². The summed E-state index contributed by atoms with van der Waals surface area (Å²) in [4.78, 5) is 25.6. The standard InChI is InChI=1S/C16H19NO3/c18-15-8-4-7-13-9-17(10-14(13)15)16(19)20-11-12-5-2-1-3-6-12/h1-3,5-6,13-14H,4,7-11H2. The first kappa shape index (κ1) is 13.2. The van der Waals surface area contributed by atoms with Gasteiger partial charge in [-0.2, -0.15) is 0 Å². The van der Waals surface area contributed by atoms with Crippen molar-refractivity contribution < 1.29 is 14.3 Å². The fourth-order valence-electron chi connectivity index (χ4n) is 3.21. The minimum Gasteiger partial charge on any atom is -0.445 e. The molecular formula is C16H19NO3. The van der Waals surface area contributed by atoms with Crippen LogP contribution in [0.2, 0.25) is 0 Å². The number of ether oxygens (including phenoxy) is 1. The van der Waals surface area contributed by atoms with Crippen LogP contribution in [0, 0.1) is 11.8 Å². The van der Waals surface area contributed by atoms with E-state index < -0.39 is 0 Å². The molecule has 0 spiro atoms. The molecular weight excluding hydrogens is 254 g/mol. The number of nitrogens with zero attached hydrogens (tertiary/aromatic N) is 1. The van der Waals surface area contributed by atoms with Gasteiger partial charge in [-0.15, -0.1) is 0 Å². The van der Waals surface area contributed by atoms with Crippen LogP contribution in [0.1, 0.15) is 24.8 Å². The molecule has 2 unspecified atom stereocenters. The van der Waals surface area contributed by atoms with Crippen LogP contribution in [0.4, 0.5) is 4.79 Å². The molecule has 0 aromatic heterocycles. The zero-order chi connectivity index (χ0) is 13.9. The molecule has 4 heteroatoms. The van der Waals surface area contributed by atoms with E-state index in [1.54, 1.807) is 4.90 Å². The molecule has 4 nitrogen and oxygen atoms in total. The summed E-state index contributed by atoms with van der Waals surface area (Å²) in [6.45, 7) is 1.50. The summed E-state index contributed by atoms with van der Waals surface area (Å²) in [6, 6.07) is 9.64. The van der Waals surface area contributed by atoms with Gasteiger partial charge < -0.3 is 9.64 Å². The Bertz CT molecular complexity index is 500. The molecule has 1 aromatic carbocycles. The Morgan fingerprint density at radius 3 is 2.80 bits per heavy atom. The first-order chi connectivity index (χ1) is 9.74. The average molecular weight is 273 g/mol. The maximum atomic E-state index is 12.1. The molecule has 1 aliphatic heterocycles. The van der Waals surface area contributed by atoms with Crippen molar-refractivity contribution in [2.75, 3.05) is 13.1 Å². The molecule has 1 aromatic rings. The summed E-state index contributed by atoms with van der Waals surface area (Å²) < 4.78 is 5.33. The maximum absolute atomic E-state index is 12.1. The second-order valence-electron chi connectivity index (χ2n) is 5.67. The molecule has 20 heavy (non-hydrogen) atoms. The average Bonchev–Trinajstić information content (AvgIpc) is 2.91. The number of ketones is 1. The number of fused-ring (bicyclic) bond motifs is 1. The first-order valence-electron chi connectivity index (χ1n) is 7.22. The summed E-state index contributed by atoms with van der Waals surface area (Å²) in [5, 5.41) is 0. The van der Waals surface area contributed by atoms with Crippen LogP contribution in [0.5, 0.6) is 0 Å². The van der Waals surface area contributed by atoms with Gasteiger partial charge in [-0.1, -0.05) is 30.3 Å². The highest BCUT2D eigenvalue weighted by Gasteiger charge is 2.41. The summed E-state index contributed by atoms with van der Waals surface area (Å²) in [6.07, 6.45) is 2.40. The quantitative estimate of drug-likeness (QED) is 0.832. The van der Waals surface area contributed by atoms with Crippen molar-refractivity contribution in [2.45, 2.75) is 25.9 Å². The second-order valence-corrected chi connectivity index (χ2v) is 5.67. The maximum Gasteiger partial charge on any atom is 0.410 e. The number of benzene rings is 1. The Kier molecular flexibility index (Phi) is 3.72. The molecule has 1 aliphatic carbocycles. The van der Waals surface area contributed by atoms with Crippen molar-refractivity contribution in [3.8, 4) is 0 Å². The predicted octanol–water partition coefficient (Wildman–Crippen LogP) is 2.62. The Morgan fingerprint density at radius 2 is 2.05 bits per heavy atom. The third-order valence-electron chi connectivity index (χ3n) is 4.32. The van der Waals surface area contributed by atoms with Crippen LogP contribution in [0.3, 0.4) is 0 Å². The van der Waals surface area contributed by atoms with Crippen molar-refractivity contribution in [3.63, 3.8) is 0 Å². The number of hydrogen-bond donors (Lipinski definition) is 0. The van der Waals surface area contributed by atoms with Crippen LogP contribution in [0.15, 0.2) is 30.3 Å². The van der Waals surface area contributed by atoms with Crippen LogP contribution in [-0.2, 0) is 16.1 Å². The minimum absolute atomic E-state index is 0.0491. The van der Waals surface area contributed by atoms with Gasteiger partial charge in [0.15, 0.2) is 0 Å². The normalized spacial score (nSPS) is 25.4. The highest BCUT2D eigenvalue weighted by molar-refractivity contribution is 5.83. The molecule has 2 atom stereocenters. The molecule has 106 valence electrons. The monoisotopic (exact) mass is 273 g/mol. The first-order valence-corrected chi connectivity index (χ1v) is 7.22. The van der Waals surface area contributed by atoms with E-state index in [2.05, 4.69) is 0 Å². The number of rotatable bonds is 2. The van der Waals surface area contributed by atoms with E-state index in [9.17, 15) is 9.59 Å². The summed E-state index contributed by atoms with van der Waals surface area (Å²) in [5.41, 5.74) is 0.980. The van der Waals surface area contributed by atoms with Gasteiger partial charge in [0.2, 0.25) is 0 Å². The molecule has 0 bridgehead atoms. The Hall–Kier alpha value is -1.84. The predicted molar refractivity (Wildman–Crippen MR) is 74.0 cm³/mol. The van der Waals surface area contributed by atoms with Gasteiger partial charge in [0.05, 0.1) is 0 Å². The lowest BCUT2D eigenvalue weighted by Gasteiger charge is -2.21. The van der Waals surface area contributed by atoms with Crippen LogP contribution >= 0.6 is 0 Å². The Morgan fingerprint density at radius 1 is 1.25 bits per heavy atom. The lowest BCUT2D eigenvalue weighted by atomic mass is 9.81. The van der Waals surface area contributed by atoms with Gasteiger partial charge >= 0.3 is 6.09 Å². The van der Waals surface area contributed by atoms with Crippen LogP contribution in [0.25, 0.3) is 0 Å². The number of hydrogen-bond acceptors (Lipinski definition) is 3. The molecule has 0 radical (unpaired) electrons. The van der Waals surface area contributed by atoms with Crippen molar-refractivity contribution in [2.24, 2.45) is 11.8 Å². The van der Waals surface area contributed by atoms with Gasteiger partial charge in [0.25, 0.3) is 0 Å². The van der Waals surface area contributed by atoms with E-state index >= 15 is 0 Å². The Balaban J connectivity index is 1.55. The zero-order valence-corrected chi connectivity index (χ0v) is 11.5. The van der Waals surface area contributed by atoms with Gasteiger partial charge in [-0.3, -0.25) is 4.79 Å². The number of likely N-dealkylation sites (tertiary alicyclic amines) is 1. The number of Topliss-reactive ketones (excluding diaryl/α,β-unsaturated/α-hetero) is 1. The minimum atomic E-state index is -0.295. The van der Waals surface area contributed by atoms with E-state index in [1.165, 1.54) is 0 Å². The van der Waals surface area contributed by atoms with Crippen molar-refractivity contribution >= 4 is 11.9 Å². The summed E-state index contributed by atoms with van der Waals surface area (Å²) in [5.74, 6) is 0.716. The number of amides is 1. The van der Waals surface area contributed by atoms with E-state index in [0.717, 1.165) is 18.4 Å². The third kappa shape index (κ3) is 2.69. The third-order valence-corrected chi connectivity index (χ3v) is 4.32.